The van der Waals surface area contributed by atoms with E-state index in [0.29, 0.717) is 23.3 Å². The molecule has 3 aromatic rings. The number of nitrogens with zero attached hydrogens (tertiary/aromatic N) is 3. The predicted molar refractivity (Wildman–Crippen MR) is 95.4 cm³/mol. The molecule has 2 aromatic heterocycles. The number of hydrogen-bond acceptors (Lipinski definition) is 3. The maximum Gasteiger partial charge on any atom is 0.258 e. The first-order chi connectivity index (χ1) is 11.6. The van der Waals surface area contributed by atoms with Crippen LogP contribution in [0.15, 0.2) is 53.5 Å². The number of benzene rings is 1. The van der Waals surface area contributed by atoms with Crippen molar-refractivity contribution in [1.82, 2.24) is 14.3 Å². The van der Waals surface area contributed by atoms with E-state index in [9.17, 15) is 4.79 Å². The van der Waals surface area contributed by atoms with E-state index in [1.807, 2.05) is 0 Å². The second kappa shape index (κ2) is 6.04. The van der Waals surface area contributed by atoms with Gasteiger partial charge in [0.15, 0.2) is 0 Å². The van der Waals surface area contributed by atoms with Crippen molar-refractivity contribution in [3.63, 3.8) is 0 Å². The Morgan fingerprint density at radius 1 is 1.29 bits per heavy atom. The molecule has 0 saturated carbocycles. The van der Waals surface area contributed by atoms with Crippen molar-refractivity contribution in [2.75, 3.05) is 7.05 Å². The van der Waals surface area contributed by atoms with E-state index in [2.05, 4.69) is 41.2 Å². The number of aryl methyl sites for hydroxylation is 1. The summed E-state index contributed by atoms with van der Waals surface area (Å²) in [5.41, 5.74) is 4.13. The van der Waals surface area contributed by atoms with Crippen molar-refractivity contribution < 1.29 is 0 Å². The first-order valence-electron chi connectivity index (χ1n) is 8.08. The van der Waals surface area contributed by atoms with Gasteiger partial charge in [-0.2, -0.15) is 0 Å². The van der Waals surface area contributed by atoms with Crippen LogP contribution in [0.2, 0.25) is 5.02 Å². The van der Waals surface area contributed by atoms with Gasteiger partial charge >= 0.3 is 0 Å². The smallest absolute Gasteiger partial charge is 0.258 e. The summed E-state index contributed by atoms with van der Waals surface area (Å²) in [7, 11) is 2.10. The Labute approximate surface area is 145 Å². The first-order valence-corrected chi connectivity index (χ1v) is 8.45. The van der Waals surface area contributed by atoms with E-state index < -0.39 is 0 Å². The molecule has 4 nitrogen and oxygen atoms in total. The second-order valence-electron chi connectivity index (χ2n) is 6.33. The highest BCUT2D eigenvalue weighted by atomic mass is 35.5. The molecule has 1 aromatic carbocycles. The number of fused-ring (bicyclic) bond motifs is 2. The third kappa shape index (κ3) is 2.72. The SMILES string of the molecule is CN(Cc1cc(=O)n2cc(Cl)ccc2n1)C1CCc2ccccc21. The lowest BCUT2D eigenvalue weighted by Crippen LogP contribution is -2.25. The molecular formula is C19H18ClN3O. The van der Waals surface area contributed by atoms with E-state index >= 15 is 0 Å². The number of rotatable bonds is 3. The second-order valence-corrected chi connectivity index (χ2v) is 6.77. The zero-order valence-corrected chi connectivity index (χ0v) is 14.2. The van der Waals surface area contributed by atoms with Gasteiger partial charge in [0.1, 0.15) is 5.65 Å². The molecule has 122 valence electrons. The monoisotopic (exact) mass is 339 g/mol. The van der Waals surface area contributed by atoms with Gasteiger partial charge in [0.2, 0.25) is 0 Å². The van der Waals surface area contributed by atoms with E-state index in [1.54, 1.807) is 24.4 Å². The van der Waals surface area contributed by atoms with Gasteiger partial charge in [-0.1, -0.05) is 35.9 Å². The van der Waals surface area contributed by atoms with Gasteiger partial charge in [-0.15, -0.1) is 0 Å². The fraction of sp³-hybridized carbons (Fsp3) is 0.263. The maximum absolute atomic E-state index is 12.3. The summed E-state index contributed by atoms with van der Waals surface area (Å²) in [6.07, 6.45) is 3.82. The normalized spacial score (nSPS) is 16.7. The van der Waals surface area contributed by atoms with Crippen molar-refractivity contribution in [2.45, 2.75) is 25.4 Å². The first kappa shape index (κ1) is 15.4. The molecule has 0 saturated heterocycles. The maximum atomic E-state index is 12.3. The predicted octanol–water partition coefficient (Wildman–Crippen LogP) is 3.47. The fourth-order valence-electron chi connectivity index (χ4n) is 3.57. The lowest BCUT2D eigenvalue weighted by Gasteiger charge is -2.24. The van der Waals surface area contributed by atoms with Crippen molar-refractivity contribution in [3.8, 4) is 0 Å². The standard InChI is InChI=1S/C19H18ClN3O/c1-22(17-8-6-13-4-2-3-5-16(13)17)12-15-10-19(24)23-11-14(20)7-9-18(23)21-15/h2-5,7,9-11,17H,6,8,12H2,1H3. The van der Waals surface area contributed by atoms with Gasteiger partial charge in [0, 0.05) is 24.8 Å². The van der Waals surface area contributed by atoms with E-state index in [0.717, 1.165) is 18.5 Å². The molecule has 0 bridgehead atoms. The third-order valence-corrected chi connectivity index (χ3v) is 4.94. The minimum absolute atomic E-state index is 0.0993. The summed E-state index contributed by atoms with van der Waals surface area (Å²) in [6, 6.07) is 14.1. The Morgan fingerprint density at radius 2 is 2.12 bits per heavy atom. The van der Waals surface area contributed by atoms with E-state index in [-0.39, 0.29) is 5.56 Å². The van der Waals surface area contributed by atoms with Crippen LogP contribution in [0, 0.1) is 0 Å². The average Bonchev–Trinajstić information content (AvgIpc) is 3.00. The zero-order chi connectivity index (χ0) is 16.7. The molecule has 0 spiro atoms. The van der Waals surface area contributed by atoms with Crippen LogP contribution < -0.4 is 5.56 Å². The van der Waals surface area contributed by atoms with Crippen LogP contribution in [0.5, 0.6) is 0 Å². The van der Waals surface area contributed by atoms with Crippen LogP contribution in [0.3, 0.4) is 0 Å². The Morgan fingerprint density at radius 3 is 3.00 bits per heavy atom. The highest BCUT2D eigenvalue weighted by molar-refractivity contribution is 6.30. The van der Waals surface area contributed by atoms with Gasteiger partial charge in [-0.25, -0.2) is 4.98 Å². The van der Waals surface area contributed by atoms with E-state index in [1.165, 1.54) is 15.5 Å². The quantitative estimate of drug-likeness (QED) is 0.733. The molecule has 0 aliphatic heterocycles. The zero-order valence-electron chi connectivity index (χ0n) is 13.4. The Bertz CT molecular complexity index is 966. The van der Waals surface area contributed by atoms with Crippen LogP contribution in [0.4, 0.5) is 0 Å². The molecule has 1 atom stereocenters. The molecule has 2 heterocycles. The number of hydrogen-bond donors (Lipinski definition) is 0. The molecular weight excluding hydrogens is 322 g/mol. The van der Waals surface area contributed by atoms with Gasteiger partial charge in [-0.05, 0) is 43.1 Å². The van der Waals surface area contributed by atoms with Crippen LogP contribution in [0.1, 0.15) is 29.3 Å². The van der Waals surface area contributed by atoms with Crippen molar-refractivity contribution in [3.05, 3.63) is 80.9 Å². The Kier molecular flexibility index (Phi) is 3.87. The molecule has 1 aliphatic carbocycles. The van der Waals surface area contributed by atoms with Crippen molar-refractivity contribution >= 4 is 17.2 Å². The van der Waals surface area contributed by atoms with Gasteiger partial charge in [-0.3, -0.25) is 14.1 Å². The molecule has 1 unspecified atom stereocenters. The highest BCUT2D eigenvalue weighted by Crippen LogP contribution is 2.35. The highest BCUT2D eigenvalue weighted by Gasteiger charge is 2.25. The van der Waals surface area contributed by atoms with Gasteiger partial charge in [0.25, 0.3) is 5.56 Å². The summed E-state index contributed by atoms with van der Waals surface area (Å²) in [4.78, 5) is 19.2. The minimum Gasteiger partial charge on any atom is -0.294 e. The molecule has 0 fully saturated rings. The summed E-state index contributed by atoms with van der Waals surface area (Å²) in [6.45, 7) is 0.646. The topological polar surface area (TPSA) is 37.6 Å². The molecule has 0 N–H and O–H groups in total. The number of halogens is 1. The molecule has 1 aliphatic rings. The van der Waals surface area contributed by atoms with E-state index in [4.69, 9.17) is 11.6 Å². The van der Waals surface area contributed by atoms with Crippen LogP contribution in [-0.4, -0.2) is 21.3 Å². The lowest BCUT2D eigenvalue weighted by atomic mass is 10.1. The van der Waals surface area contributed by atoms with Crippen LogP contribution >= 0.6 is 11.6 Å². The average molecular weight is 340 g/mol. The van der Waals surface area contributed by atoms with Crippen LogP contribution in [0.25, 0.3) is 5.65 Å². The fourth-order valence-corrected chi connectivity index (χ4v) is 3.73. The van der Waals surface area contributed by atoms with Crippen molar-refractivity contribution in [1.29, 1.82) is 0 Å². The summed E-state index contributed by atoms with van der Waals surface area (Å²) in [5.74, 6) is 0. The molecule has 5 heteroatoms. The summed E-state index contributed by atoms with van der Waals surface area (Å²) >= 11 is 5.95. The summed E-state index contributed by atoms with van der Waals surface area (Å²) < 4.78 is 1.48. The van der Waals surface area contributed by atoms with Gasteiger partial charge < -0.3 is 0 Å². The Hall–Kier alpha value is -2.17. The minimum atomic E-state index is -0.0993. The number of pyridine rings is 1. The molecule has 24 heavy (non-hydrogen) atoms. The lowest BCUT2D eigenvalue weighted by molar-refractivity contribution is 0.233. The number of aromatic nitrogens is 2. The molecule has 0 radical (unpaired) electrons. The molecule has 0 amide bonds. The third-order valence-electron chi connectivity index (χ3n) is 4.72. The largest absolute Gasteiger partial charge is 0.294 e. The Balaban J connectivity index is 1.63. The summed E-state index contributed by atoms with van der Waals surface area (Å²) in [5, 5.41) is 0.527. The van der Waals surface area contributed by atoms with Crippen LogP contribution in [-0.2, 0) is 13.0 Å². The van der Waals surface area contributed by atoms with Gasteiger partial charge in [0.05, 0.1) is 10.7 Å². The molecule has 4 rings (SSSR count). The van der Waals surface area contributed by atoms with Crippen molar-refractivity contribution in [2.24, 2.45) is 0 Å².